The van der Waals surface area contributed by atoms with Crippen molar-refractivity contribution in [3.05, 3.63) is 0 Å². The molecule has 0 saturated heterocycles. The van der Waals surface area contributed by atoms with Crippen LogP contribution in [0.3, 0.4) is 0 Å². The molecule has 0 radical (unpaired) electrons. The molecule has 0 aromatic carbocycles. The molecule has 0 bridgehead atoms. The van der Waals surface area contributed by atoms with Crippen molar-refractivity contribution in [1.29, 1.82) is 0 Å². The van der Waals surface area contributed by atoms with Gasteiger partial charge in [-0.2, -0.15) is 8.78 Å². The van der Waals surface area contributed by atoms with E-state index >= 15 is 0 Å². The fraction of sp³-hybridized carbons (Fsp3) is 0.857. The summed E-state index contributed by atoms with van der Waals surface area (Å²) in [6, 6.07) is 0. The van der Waals surface area contributed by atoms with Gasteiger partial charge in [-0.3, -0.25) is 4.79 Å². The van der Waals surface area contributed by atoms with Gasteiger partial charge in [-0.25, -0.2) is 13.6 Å². The van der Waals surface area contributed by atoms with Gasteiger partial charge in [-0.15, -0.1) is 0 Å². The minimum Gasteiger partial charge on any atom is -0.463 e. The summed E-state index contributed by atoms with van der Waals surface area (Å²) in [7, 11) is 0. The standard InChI is InChI=1S/C14H22F4O5/c1-5-12(2,3)11(20)22-7-6-21-8-10(19)23-9-14(17,18)13(4,15)16/h5-9H2,1-4H3. The van der Waals surface area contributed by atoms with Gasteiger partial charge in [0.15, 0.2) is 6.61 Å². The SMILES string of the molecule is CCC(C)(C)C(=O)OCCOCC(=O)OCC(F)(F)C(C)(F)F. The Kier molecular flexibility index (Phi) is 7.96. The maximum absolute atomic E-state index is 12.8. The molecule has 0 N–H and O–H groups in total. The number of esters is 2. The van der Waals surface area contributed by atoms with E-state index in [0.29, 0.717) is 6.42 Å². The van der Waals surface area contributed by atoms with Crippen molar-refractivity contribution < 1.29 is 41.4 Å². The first-order valence-corrected chi connectivity index (χ1v) is 6.99. The van der Waals surface area contributed by atoms with Crippen molar-refractivity contribution in [2.45, 2.75) is 46.0 Å². The first-order valence-electron chi connectivity index (χ1n) is 6.99. The Labute approximate surface area is 132 Å². The number of hydrogen-bond donors (Lipinski definition) is 0. The van der Waals surface area contributed by atoms with Crippen LogP contribution >= 0.6 is 0 Å². The zero-order chi connectivity index (χ0) is 18.3. The first-order chi connectivity index (χ1) is 10.3. The van der Waals surface area contributed by atoms with Crippen LogP contribution in [0.1, 0.15) is 34.1 Å². The molecule has 0 amide bonds. The van der Waals surface area contributed by atoms with Gasteiger partial charge in [0.05, 0.1) is 12.0 Å². The number of alkyl halides is 4. The molecule has 0 aliphatic rings. The van der Waals surface area contributed by atoms with Crippen LogP contribution in [-0.2, 0) is 23.8 Å². The first kappa shape index (κ1) is 21.6. The summed E-state index contributed by atoms with van der Waals surface area (Å²) in [5.41, 5.74) is -0.643. The molecule has 0 aliphatic heterocycles. The van der Waals surface area contributed by atoms with Crippen LogP contribution in [0, 0.1) is 5.41 Å². The number of rotatable bonds is 10. The Bertz CT molecular complexity index is 404. The van der Waals surface area contributed by atoms with Gasteiger partial charge in [-0.1, -0.05) is 6.92 Å². The lowest BCUT2D eigenvalue weighted by Gasteiger charge is -2.22. The topological polar surface area (TPSA) is 61.8 Å². The Morgan fingerprint density at radius 2 is 1.52 bits per heavy atom. The van der Waals surface area contributed by atoms with E-state index in [1.165, 1.54) is 0 Å². The summed E-state index contributed by atoms with van der Waals surface area (Å²) < 4.78 is 64.3. The fourth-order valence-corrected chi connectivity index (χ4v) is 1.03. The van der Waals surface area contributed by atoms with Crippen LogP contribution in [0.25, 0.3) is 0 Å². The molecule has 5 nitrogen and oxygen atoms in total. The van der Waals surface area contributed by atoms with Crippen LogP contribution in [0.4, 0.5) is 17.6 Å². The highest BCUT2D eigenvalue weighted by Crippen LogP contribution is 2.33. The van der Waals surface area contributed by atoms with Gasteiger partial charge in [0, 0.05) is 6.92 Å². The summed E-state index contributed by atoms with van der Waals surface area (Å²) >= 11 is 0. The second kappa shape index (κ2) is 8.47. The number of ether oxygens (including phenoxy) is 3. The van der Waals surface area contributed by atoms with E-state index in [1.54, 1.807) is 13.8 Å². The number of carbonyl (C=O) groups excluding carboxylic acids is 2. The molecule has 0 aromatic rings. The van der Waals surface area contributed by atoms with Crippen molar-refractivity contribution >= 4 is 11.9 Å². The molecule has 23 heavy (non-hydrogen) atoms. The number of carbonyl (C=O) groups is 2. The zero-order valence-corrected chi connectivity index (χ0v) is 13.6. The van der Waals surface area contributed by atoms with Crippen molar-refractivity contribution in [2.24, 2.45) is 5.41 Å². The Morgan fingerprint density at radius 1 is 0.957 bits per heavy atom. The smallest absolute Gasteiger partial charge is 0.343 e. The normalized spacial score (nSPS) is 12.9. The monoisotopic (exact) mass is 346 g/mol. The van der Waals surface area contributed by atoms with Crippen LogP contribution in [0.5, 0.6) is 0 Å². The van der Waals surface area contributed by atoms with E-state index in [-0.39, 0.29) is 20.1 Å². The van der Waals surface area contributed by atoms with Crippen molar-refractivity contribution in [3.63, 3.8) is 0 Å². The predicted molar refractivity (Wildman–Crippen MR) is 72.4 cm³/mol. The largest absolute Gasteiger partial charge is 0.463 e. The van der Waals surface area contributed by atoms with E-state index in [0.717, 1.165) is 0 Å². The minimum atomic E-state index is -4.45. The molecule has 0 atom stereocenters. The Hall–Kier alpha value is -1.38. The van der Waals surface area contributed by atoms with Gasteiger partial charge in [0.25, 0.3) is 0 Å². The molecule has 0 heterocycles. The highest BCUT2D eigenvalue weighted by molar-refractivity contribution is 5.75. The average molecular weight is 346 g/mol. The van der Waals surface area contributed by atoms with Gasteiger partial charge in [0.2, 0.25) is 0 Å². The summed E-state index contributed by atoms with van der Waals surface area (Å²) in [6.45, 7) is 2.54. The van der Waals surface area contributed by atoms with Crippen LogP contribution in [-0.4, -0.2) is 50.2 Å². The van der Waals surface area contributed by atoms with Crippen molar-refractivity contribution in [1.82, 2.24) is 0 Å². The summed E-state index contributed by atoms with van der Waals surface area (Å²) in [5.74, 6) is -10.4. The third-order valence-electron chi connectivity index (χ3n) is 3.17. The molecule has 9 heteroatoms. The Morgan fingerprint density at radius 3 is 2.00 bits per heavy atom. The molecule has 0 aromatic heterocycles. The summed E-state index contributed by atoms with van der Waals surface area (Å²) in [5, 5.41) is 0. The molecule has 0 unspecified atom stereocenters. The predicted octanol–water partition coefficient (Wildman–Crippen LogP) is 2.82. The second-order valence-electron chi connectivity index (χ2n) is 5.68. The zero-order valence-electron chi connectivity index (χ0n) is 13.6. The second-order valence-corrected chi connectivity index (χ2v) is 5.68. The van der Waals surface area contributed by atoms with Gasteiger partial charge < -0.3 is 14.2 Å². The molecule has 0 spiro atoms. The fourth-order valence-electron chi connectivity index (χ4n) is 1.03. The lowest BCUT2D eigenvalue weighted by Crippen LogP contribution is -2.42. The van der Waals surface area contributed by atoms with E-state index in [9.17, 15) is 27.2 Å². The molecule has 0 aliphatic carbocycles. The van der Waals surface area contributed by atoms with E-state index in [2.05, 4.69) is 4.74 Å². The number of hydrogen-bond acceptors (Lipinski definition) is 5. The van der Waals surface area contributed by atoms with Crippen LogP contribution in [0.2, 0.25) is 0 Å². The van der Waals surface area contributed by atoms with Gasteiger partial charge in [0.1, 0.15) is 13.2 Å². The molecule has 0 fully saturated rings. The quantitative estimate of drug-likeness (QED) is 0.346. The molecular weight excluding hydrogens is 324 g/mol. The highest BCUT2D eigenvalue weighted by Gasteiger charge is 2.53. The average Bonchev–Trinajstić information content (AvgIpc) is 2.43. The maximum atomic E-state index is 12.8. The lowest BCUT2D eigenvalue weighted by atomic mass is 9.91. The molecule has 136 valence electrons. The van der Waals surface area contributed by atoms with E-state index < -0.39 is 42.4 Å². The van der Waals surface area contributed by atoms with Crippen LogP contribution in [0.15, 0.2) is 0 Å². The maximum Gasteiger partial charge on any atom is 0.343 e. The van der Waals surface area contributed by atoms with E-state index in [1.807, 2.05) is 6.92 Å². The summed E-state index contributed by atoms with van der Waals surface area (Å²) in [4.78, 5) is 22.7. The molecular formula is C14H22F4O5. The van der Waals surface area contributed by atoms with Crippen molar-refractivity contribution in [2.75, 3.05) is 26.4 Å². The van der Waals surface area contributed by atoms with E-state index in [4.69, 9.17) is 9.47 Å². The van der Waals surface area contributed by atoms with Crippen LogP contribution < -0.4 is 0 Å². The lowest BCUT2D eigenvalue weighted by molar-refractivity contribution is -0.223. The van der Waals surface area contributed by atoms with Crippen molar-refractivity contribution in [3.8, 4) is 0 Å². The molecule has 0 rings (SSSR count). The number of halogens is 4. The van der Waals surface area contributed by atoms with Gasteiger partial charge >= 0.3 is 23.8 Å². The van der Waals surface area contributed by atoms with Gasteiger partial charge in [-0.05, 0) is 20.3 Å². The summed E-state index contributed by atoms with van der Waals surface area (Å²) in [6.07, 6.45) is 0.579. The minimum absolute atomic E-state index is 0.0312. The highest BCUT2D eigenvalue weighted by atomic mass is 19.3. The third-order valence-corrected chi connectivity index (χ3v) is 3.17. The molecule has 0 saturated carbocycles. The Balaban J connectivity index is 3.91. The third kappa shape index (κ3) is 7.62.